The van der Waals surface area contributed by atoms with Crippen molar-refractivity contribution >= 4 is 28.5 Å². The van der Waals surface area contributed by atoms with Crippen molar-refractivity contribution in [1.82, 2.24) is 19.4 Å². The van der Waals surface area contributed by atoms with Crippen LogP contribution in [0.25, 0.3) is 27.8 Å². The summed E-state index contributed by atoms with van der Waals surface area (Å²) in [4.78, 5) is 24.4. The van der Waals surface area contributed by atoms with E-state index >= 15 is 0 Å². The van der Waals surface area contributed by atoms with Crippen LogP contribution in [-0.4, -0.2) is 25.3 Å². The number of amides is 1. The number of hydrogen-bond acceptors (Lipinski definition) is 3. The van der Waals surface area contributed by atoms with Crippen molar-refractivity contribution < 1.29 is 18.0 Å². The number of fused-ring (bicyclic) bond motifs is 2. The molecule has 6 nitrogen and oxygen atoms in total. The number of aromatic nitrogens is 4. The Balaban J connectivity index is 1.43. The van der Waals surface area contributed by atoms with Crippen molar-refractivity contribution in [3.8, 4) is 11.1 Å². The molecule has 5 aromatic rings. The standard InChI is InChI=1S/C23H16F3N5O/c1-13-4-3-9-31-12-19(27-20(13)31)21(32)30-22-28-17-8-7-15(11-18(17)29-22)14-5-2-6-16(10-14)23(24,25)26/h2-12H,1H3,(H2,28,29,30,32). The zero-order chi connectivity index (χ0) is 22.5. The van der Waals surface area contributed by atoms with Crippen LogP contribution in [0.5, 0.6) is 0 Å². The Morgan fingerprint density at radius 1 is 1.03 bits per heavy atom. The number of carbonyl (C=O) groups is 1. The van der Waals surface area contributed by atoms with Gasteiger partial charge in [-0.05, 0) is 53.9 Å². The van der Waals surface area contributed by atoms with Crippen LogP contribution in [0.15, 0.2) is 67.0 Å². The fourth-order valence-electron chi connectivity index (χ4n) is 3.55. The highest BCUT2D eigenvalue weighted by Crippen LogP contribution is 2.33. The molecular formula is C23H16F3N5O. The SMILES string of the molecule is Cc1cccn2cc(C(=O)Nc3nc4cc(-c5cccc(C(F)(F)F)c5)ccc4[nH]3)nc12. The molecule has 0 saturated carbocycles. The summed E-state index contributed by atoms with van der Waals surface area (Å²) in [5.41, 5.74) is 3.32. The number of nitrogens with one attached hydrogen (secondary N) is 2. The van der Waals surface area contributed by atoms with E-state index in [2.05, 4.69) is 20.3 Å². The van der Waals surface area contributed by atoms with Crippen LogP contribution in [0, 0.1) is 6.92 Å². The average Bonchev–Trinajstić information content (AvgIpc) is 3.37. The molecule has 0 atom stereocenters. The summed E-state index contributed by atoms with van der Waals surface area (Å²) in [5, 5.41) is 2.69. The summed E-state index contributed by atoms with van der Waals surface area (Å²) in [7, 11) is 0. The lowest BCUT2D eigenvalue weighted by Crippen LogP contribution is -2.13. The molecule has 0 saturated heterocycles. The van der Waals surface area contributed by atoms with Crippen LogP contribution in [0.3, 0.4) is 0 Å². The molecule has 0 aliphatic rings. The summed E-state index contributed by atoms with van der Waals surface area (Å²) in [6.45, 7) is 1.91. The second-order valence-corrected chi connectivity index (χ2v) is 7.40. The van der Waals surface area contributed by atoms with E-state index in [9.17, 15) is 18.0 Å². The molecule has 1 amide bonds. The molecule has 5 rings (SSSR count). The van der Waals surface area contributed by atoms with Gasteiger partial charge in [-0.15, -0.1) is 0 Å². The highest BCUT2D eigenvalue weighted by atomic mass is 19.4. The van der Waals surface area contributed by atoms with E-state index in [1.165, 1.54) is 6.07 Å². The van der Waals surface area contributed by atoms with Crippen molar-refractivity contribution in [2.45, 2.75) is 13.1 Å². The van der Waals surface area contributed by atoms with Gasteiger partial charge in [-0.1, -0.05) is 24.3 Å². The van der Waals surface area contributed by atoms with Crippen molar-refractivity contribution in [2.24, 2.45) is 0 Å². The first-order valence-corrected chi connectivity index (χ1v) is 9.71. The average molecular weight is 435 g/mol. The molecule has 2 N–H and O–H groups in total. The maximum Gasteiger partial charge on any atom is 0.416 e. The Morgan fingerprint density at radius 3 is 2.62 bits per heavy atom. The molecule has 0 unspecified atom stereocenters. The lowest BCUT2D eigenvalue weighted by Gasteiger charge is -2.08. The number of pyridine rings is 1. The number of rotatable bonds is 3. The summed E-state index contributed by atoms with van der Waals surface area (Å²) in [6, 6.07) is 14.0. The molecule has 0 aliphatic carbocycles. The highest BCUT2D eigenvalue weighted by Gasteiger charge is 2.30. The lowest BCUT2D eigenvalue weighted by molar-refractivity contribution is -0.137. The van der Waals surface area contributed by atoms with Gasteiger partial charge in [-0.25, -0.2) is 9.97 Å². The molecule has 0 fully saturated rings. The summed E-state index contributed by atoms with van der Waals surface area (Å²) in [5.74, 6) is -0.203. The third-order valence-corrected chi connectivity index (χ3v) is 5.15. The molecule has 32 heavy (non-hydrogen) atoms. The van der Waals surface area contributed by atoms with Gasteiger partial charge in [0.15, 0.2) is 0 Å². The van der Waals surface area contributed by atoms with Crippen molar-refractivity contribution in [2.75, 3.05) is 5.32 Å². The smallest absolute Gasteiger partial charge is 0.324 e. The Kier molecular flexibility index (Phi) is 4.47. The summed E-state index contributed by atoms with van der Waals surface area (Å²) in [6.07, 6.45) is -0.977. The van der Waals surface area contributed by atoms with Gasteiger partial charge in [0.05, 0.1) is 16.6 Å². The molecular weight excluding hydrogens is 419 g/mol. The summed E-state index contributed by atoms with van der Waals surface area (Å²) >= 11 is 0. The number of hydrogen-bond donors (Lipinski definition) is 2. The van der Waals surface area contributed by atoms with Gasteiger partial charge in [-0.3, -0.25) is 10.1 Å². The maximum absolute atomic E-state index is 13.0. The Labute approximate surface area is 179 Å². The normalized spacial score (nSPS) is 11.9. The van der Waals surface area contributed by atoms with Crippen LogP contribution in [0.1, 0.15) is 21.6 Å². The first-order valence-electron chi connectivity index (χ1n) is 9.71. The first kappa shape index (κ1) is 19.8. The fourth-order valence-corrected chi connectivity index (χ4v) is 3.55. The molecule has 0 aliphatic heterocycles. The second-order valence-electron chi connectivity index (χ2n) is 7.40. The minimum Gasteiger partial charge on any atom is -0.324 e. The topological polar surface area (TPSA) is 75.1 Å². The number of anilines is 1. The quantitative estimate of drug-likeness (QED) is 0.395. The molecule has 3 heterocycles. The molecule has 9 heteroatoms. The minimum atomic E-state index is -4.42. The van der Waals surface area contributed by atoms with Crippen molar-refractivity contribution in [3.63, 3.8) is 0 Å². The fraction of sp³-hybridized carbons (Fsp3) is 0.0870. The van der Waals surface area contributed by atoms with Crippen LogP contribution >= 0.6 is 0 Å². The van der Waals surface area contributed by atoms with E-state index in [0.29, 0.717) is 27.8 Å². The molecule has 0 bridgehead atoms. The molecule has 3 aromatic heterocycles. The van der Waals surface area contributed by atoms with Crippen LogP contribution in [-0.2, 0) is 6.18 Å². The number of nitrogens with zero attached hydrogens (tertiary/aromatic N) is 3. The largest absolute Gasteiger partial charge is 0.416 e. The van der Waals surface area contributed by atoms with Gasteiger partial charge in [0.25, 0.3) is 5.91 Å². The van der Waals surface area contributed by atoms with E-state index in [0.717, 1.165) is 17.7 Å². The van der Waals surface area contributed by atoms with Crippen molar-refractivity contribution in [1.29, 1.82) is 0 Å². The minimum absolute atomic E-state index is 0.222. The second kappa shape index (κ2) is 7.23. The molecule has 2 aromatic carbocycles. The van der Waals surface area contributed by atoms with E-state index in [4.69, 9.17) is 0 Å². The van der Waals surface area contributed by atoms with Crippen LogP contribution < -0.4 is 5.32 Å². The van der Waals surface area contributed by atoms with Gasteiger partial charge in [0, 0.05) is 12.4 Å². The highest BCUT2D eigenvalue weighted by molar-refractivity contribution is 6.03. The predicted molar refractivity (Wildman–Crippen MR) is 114 cm³/mol. The van der Waals surface area contributed by atoms with E-state index in [-0.39, 0.29) is 11.6 Å². The van der Waals surface area contributed by atoms with Crippen LogP contribution in [0.2, 0.25) is 0 Å². The molecule has 160 valence electrons. The maximum atomic E-state index is 13.0. The van der Waals surface area contributed by atoms with E-state index in [1.807, 2.05) is 25.3 Å². The van der Waals surface area contributed by atoms with Gasteiger partial charge in [0.1, 0.15) is 11.3 Å². The Hall–Kier alpha value is -4.14. The zero-order valence-electron chi connectivity index (χ0n) is 16.7. The number of H-pyrrole nitrogens is 1. The first-order chi connectivity index (χ1) is 15.3. The predicted octanol–water partition coefficient (Wildman–Crippen LogP) is 5.46. The Bertz CT molecular complexity index is 1480. The number of aryl methyl sites for hydroxylation is 1. The van der Waals surface area contributed by atoms with Gasteiger partial charge >= 0.3 is 6.18 Å². The number of imidazole rings is 2. The number of halogens is 3. The number of aromatic amines is 1. The third-order valence-electron chi connectivity index (χ3n) is 5.15. The Morgan fingerprint density at radius 2 is 1.84 bits per heavy atom. The molecule has 0 spiro atoms. The van der Waals surface area contributed by atoms with E-state index < -0.39 is 17.6 Å². The third kappa shape index (κ3) is 3.58. The lowest BCUT2D eigenvalue weighted by atomic mass is 10.0. The number of alkyl halides is 3. The van der Waals surface area contributed by atoms with Crippen molar-refractivity contribution in [3.05, 3.63) is 83.8 Å². The van der Waals surface area contributed by atoms with Gasteiger partial charge < -0.3 is 9.38 Å². The zero-order valence-corrected chi connectivity index (χ0v) is 16.7. The number of benzene rings is 2. The monoisotopic (exact) mass is 435 g/mol. The van der Waals surface area contributed by atoms with E-state index in [1.54, 1.807) is 34.9 Å². The van der Waals surface area contributed by atoms with Crippen LogP contribution in [0.4, 0.5) is 19.1 Å². The van der Waals surface area contributed by atoms with Gasteiger partial charge in [-0.2, -0.15) is 13.2 Å². The number of carbonyl (C=O) groups excluding carboxylic acids is 1. The molecule has 0 radical (unpaired) electrons. The summed E-state index contributed by atoms with van der Waals surface area (Å²) < 4.78 is 40.8. The van der Waals surface area contributed by atoms with Gasteiger partial charge in [0.2, 0.25) is 5.95 Å².